The lowest BCUT2D eigenvalue weighted by Crippen LogP contribution is -2.31. The van der Waals surface area contributed by atoms with Gasteiger partial charge in [0.05, 0.1) is 85.9 Å². The Morgan fingerprint density at radius 3 is 1.34 bits per heavy atom. The van der Waals surface area contributed by atoms with Crippen molar-refractivity contribution in [2.45, 2.75) is 26.2 Å². The Hall–Kier alpha value is -1.38. The van der Waals surface area contributed by atoms with Crippen LogP contribution < -0.4 is 5.32 Å². The highest BCUT2D eigenvalue weighted by Gasteiger charge is 2.03. The fourth-order valence-electron chi connectivity index (χ4n) is 2.42. The summed E-state index contributed by atoms with van der Waals surface area (Å²) in [5.41, 5.74) is 0. The molecule has 0 saturated carbocycles. The molecular formula is C23H45NO11. The van der Waals surface area contributed by atoms with Crippen molar-refractivity contribution in [3.05, 3.63) is 0 Å². The van der Waals surface area contributed by atoms with Crippen LogP contribution in [0.4, 0.5) is 0 Å². The summed E-state index contributed by atoms with van der Waals surface area (Å²) in [5, 5.41) is 10.9. The van der Waals surface area contributed by atoms with Gasteiger partial charge in [0.1, 0.15) is 13.2 Å². The number of aliphatic carboxylic acids is 1. The quantitative estimate of drug-likeness (QED) is 0.136. The van der Waals surface area contributed by atoms with Crippen LogP contribution in [0.1, 0.15) is 26.2 Å². The molecule has 12 heteroatoms. The van der Waals surface area contributed by atoms with E-state index < -0.39 is 12.6 Å². The molecular weight excluding hydrogens is 466 g/mol. The van der Waals surface area contributed by atoms with Crippen molar-refractivity contribution >= 4 is 11.9 Å². The van der Waals surface area contributed by atoms with Gasteiger partial charge in [0.15, 0.2) is 0 Å². The first kappa shape index (κ1) is 33.6. The normalized spacial score (nSPS) is 11.1. The Bertz CT molecular complexity index is 469. The summed E-state index contributed by atoms with van der Waals surface area (Å²) in [7, 11) is 0. The van der Waals surface area contributed by atoms with Crippen LogP contribution in [0.15, 0.2) is 0 Å². The maximum Gasteiger partial charge on any atom is 0.329 e. The summed E-state index contributed by atoms with van der Waals surface area (Å²) in [6.45, 7) is 8.86. The van der Waals surface area contributed by atoms with Crippen LogP contribution in [0.3, 0.4) is 0 Å². The fraction of sp³-hybridized carbons (Fsp3) is 0.913. The monoisotopic (exact) mass is 511 g/mol. The van der Waals surface area contributed by atoms with E-state index >= 15 is 0 Å². The van der Waals surface area contributed by atoms with Gasteiger partial charge in [-0.2, -0.15) is 0 Å². The summed E-state index contributed by atoms with van der Waals surface area (Å²) < 4.78 is 42.5. The summed E-state index contributed by atoms with van der Waals surface area (Å²) >= 11 is 0. The first-order valence-corrected chi connectivity index (χ1v) is 12.3. The minimum absolute atomic E-state index is 0.292. The fourth-order valence-corrected chi connectivity index (χ4v) is 2.42. The molecule has 0 bridgehead atoms. The molecule has 0 atom stereocenters. The van der Waals surface area contributed by atoms with E-state index in [9.17, 15) is 9.59 Å². The Balaban J connectivity index is 3.09. The summed E-state index contributed by atoms with van der Waals surface area (Å²) in [6, 6.07) is 0. The molecule has 12 nitrogen and oxygen atoms in total. The van der Waals surface area contributed by atoms with Crippen LogP contribution in [0.25, 0.3) is 0 Å². The SMILES string of the molecule is CCCCCOCCOCCOCCOCCOCCOCCOCCNC(=O)COCC(=O)O. The summed E-state index contributed by atoms with van der Waals surface area (Å²) in [6.07, 6.45) is 3.52. The smallest absolute Gasteiger partial charge is 0.329 e. The van der Waals surface area contributed by atoms with E-state index in [1.54, 1.807) is 0 Å². The average molecular weight is 512 g/mol. The van der Waals surface area contributed by atoms with Crippen LogP contribution in [-0.4, -0.2) is 129 Å². The van der Waals surface area contributed by atoms with Gasteiger partial charge in [-0.1, -0.05) is 19.8 Å². The van der Waals surface area contributed by atoms with Gasteiger partial charge in [-0.3, -0.25) is 4.79 Å². The van der Waals surface area contributed by atoms with Gasteiger partial charge in [0.2, 0.25) is 5.91 Å². The van der Waals surface area contributed by atoms with Gasteiger partial charge in [0.25, 0.3) is 0 Å². The van der Waals surface area contributed by atoms with E-state index in [2.05, 4.69) is 17.0 Å². The van der Waals surface area contributed by atoms with Crippen molar-refractivity contribution in [1.29, 1.82) is 0 Å². The largest absolute Gasteiger partial charge is 0.480 e. The molecule has 0 radical (unpaired) electrons. The van der Waals surface area contributed by atoms with E-state index in [1.807, 2.05) is 0 Å². The topological polar surface area (TPSA) is 140 Å². The Labute approximate surface area is 208 Å². The molecule has 0 aliphatic heterocycles. The standard InChI is InChI=1S/C23H45NO11/c1-2-3-4-6-28-8-10-30-12-14-32-16-18-34-19-17-33-15-13-31-11-9-29-7-5-24-22(25)20-35-21-23(26)27/h2-21H2,1H3,(H,24,25)(H,26,27). The number of carbonyl (C=O) groups is 2. The van der Waals surface area contributed by atoms with Crippen LogP contribution in [0, 0.1) is 0 Å². The summed E-state index contributed by atoms with van der Waals surface area (Å²) in [4.78, 5) is 21.6. The molecule has 0 unspecified atom stereocenters. The number of rotatable bonds is 29. The molecule has 0 saturated heterocycles. The second-order valence-electron chi connectivity index (χ2n) is 7.23. The highest BCUT2D eigenvalue weighted by molar-refractivity contribution is 5.77. The van der Waals surface area contributed by atoms with Crippen molar-refractivity contribution in [1.82, 2.24) is 5.32 Å². The van der Waals surface area contributed by atoms with Gasteiger partial charge >= 0.3 is 5.97 Å². The maximum absolute atomic E-state index is 11.3. The number of carboxylic acid groups (broad SMARTS) is 1. The molecule has 208 valence electrons. The Kier molecular flexibility index (Phi) is 27.7. The van der Waals surface area contributed by atoms with Crippen molar-refractivity contribution in [3.8, 4) is 0 Å². The average Bonchev–Trinajstić information content (AvgIpc) is 2.83. The van der Waals surface area contributed by atoms with E-state index in [-0.39, 0.29) is 12.5 Å². The molecule has 0 heterocycles. The van der Waals surface area contributed by atoms with E-state index in [0.29, 0.717) is 92.4 Å². The Morgan fingerprint density at radius 2 is 0.943 bits per heavy atom. The molecule has 1 amide bonds. The number of ether oxygens (including phenoxy) is 8. The Morgan fingerprint density at radius 1 is 0.543 bits per heavy atom. The first-order chi connectivity index (χ1) is 17.2. The van der Waals surface area contributed by atoms with Gasteiger partial charge < -0.3 is 48.3 Å². The van der Waals surface area contributed by atoms with E-state index in [1.165, 1.54) is 12.8 Å². The number of carboxylic acids is 1. The minimum Gasteiger partial charge on any atom is -0.480 e. The lowest BCUT2D eigenvalue weighted by atomic mass is 10.3. The molecule has 0 aromatic rings. The van der Waals surface area contributed by atoms with E-state index in [0.717, 1.165) is 13.0 Å². The molecule has 0 fully saturated rings. The molecule has 0 spiro atoms. The third-order valence-corrected chi connectivity index (χ3v) is 4.15. The van der Waals surface area contributed by atoms with Crippen molar-refractivity contribution in [2.24, 2.45) is 0 Å². The number of hydrogen-bond acceptors (Lipinski definition) is 10. The second kappa shape index (κ2) is 28.9. The zero-order valence-corrected chi connectivity index (χ0v) is 21.2. The zero-order chi connectivity index (χ0) is 25.7. The lowest BCUT2D eigenvalue weighted by molar-refractivity contribution is -0.143. The third-order valence-electron chi connectivity index (χ3n) is 4.15. The van der Waals surface area contributed by atoms with Gasteiger partial charge in [-0.15, -0.1) is 0 Å². The second-order valence-corrected chi connectivity index (χ2v) is 7.23. The third kappa shape index (κ3) is 30.6. The van der Waals surface area contributed by atoms with Crippen molar-refractivity contribution < 1.29 is 52.6 Å². The molecule has 2 N–H and O–H groups in total. The lowest BCUT2D eigenvalue weighted by Gasteiger charge is -2.09. The molecule has 0 aromatic heterocycles. The highest BCUT2D eigenvalue weighted by atomic mass is 16.6. The summed E-state index contributed by atoms with van der Waals surface area (Å²) in [5.74, 6) is -1.51. The molecule has 35 heavy (non-hydrogen) atoms. The van der Waals surface area contributed by atoms with Crippen LogP contribution in [0.5, 0.6) is 0 Å². The number of unbranched alkanes of at least 4 members (excludes halogenated alkanes) is 2. The molecule has 0 aromatic carbocycles. The van der Waals surface area contributed by atoms with Gasteiger partial charge in [-0.25, -0.2) is 4.79 Å². The van der Waals surface area contributed by atoms with Crippen molar-refractivity contribution in [3.63, 3.8) is 0 Å². The number of carbonyl (C=O) groups excluding carboxylic acids is 1. The first-order valence-electron chi connectivity index (χ1n) is 12.3. The molecule has 0 aliphatic rings. The zero-order valence-electron chi connectivity index (χ0n) is 21.2. The van der Waals surface area contributed by atoms with Crippen molar-refractivity contribution in [2.75, 3.05) is 112 Å². The predicted octanol–water partition coefficient (Wildman–Crippen LogP) is 0.510. The minimum atomic E-state index is -1.12. The van der Waals surface area contributed by atoms with Gasteiger partial charge in [0, 0.05) is 13.2 Å². The number of amides is 1. The van der Waals surface area contributed by atoms with E-state index in [4.69, 9.17) is 38.3 Å². The van der Waals surface area contributed by atoms with Crippen LogP contribution in [-0.2, 0) is 47.5 Å². The van der Waals surface area contributed by atoms with Gasteiger partial charge in [-0.05, 0) is 6.42 Å². The maximum atomic E-state index is 11.3. The number of nitrogens with one attached hydrogen (secondary N) is 1. The predicted molar refractivity (Wildman–Crippen MR) is 127 cm³/mol. The molecule has 0 aliphatic carbocycles. The van der Waals surface area contributed by atoms with Crippen LogP contribution >= 0.6 is 0 Å². The highest BCUT2D eigenvalue weighted by Crippen LogP contribution is 1.93. The number of hydrogen-bond donors (Lipinski definition) is 2. The van der Waals surface area contributed by atoms with Crippen LogP contribution in [0.2, 0.25) is 0 Å². The molecule has 0 rings (SSSR count).